The molecule has 5 nitrogen and oxygen atoms in total. The second-order valence-corrected chi connectivity index (χ2v) is 5.99. The molecule has 1 saturated heterocycles. The van der Waals surface area contributed by atoms with E-state index < -0.39 is 11.9 Å². The molecule has 0 aromatic rings. The van der Waals surface area contributed by atoms with Crippen LogP contribution in [-0.2, 0) is 4.79 Å². The predicted octanol–water partition coefficient (Wildman–Crippen LogP) is 2.07. The van der Waals surface area contributed by atoms with E-state index in [2.05, 4.69) is 5.32 Å². The first kappa shape index (κ1) is 14.2. The van der Waals surface area contributed by atoms with Crippen molar-refractivity contribution in [1.29, 1.82) is 0 Å². The van der Waals surface area contributed by atoms with Crippen LogP contribution in [0.2, 0.25) is 0 Å². The van der Waals surface area contributed by atoms with Crippen molar-refractivity contribution < 1.29 is 14.7 Å². The average Bonchev–Trinajstić information content (AvgIpc) is 3.20. The molecular formula is C14H24N2O3. The van der Waals surface area contributed by atoms with Crippen molar-refractivity contribution in [2.24, 2.45) is 11.8 Å². The Morgan fingerprint density at radius 1 is 1.37 bits per heavy atom. The molecule has 5 heteroatoms. The summed E-state index contributed by atoms with van der Waals surface area (Å²) in [7, 11) is 0. The van der Waals surface area contributed by atoms with Crippen LogP contribution in [0.3, 0.4) is 0 Å². The lowest BCUT2D eigenvalue weighted by atomic mass is 9.99. The number of likely N-dealkylation sites (tertiary alicyclic amines) is 1. The van der Waals surface area contributed by atoms with E-state index in [-0.39, 0.29) is 12.1 Å². The quantitative estimate of drug-likeness (QED) is 0.802. The topological polar surface area (TPSA) is 69.6 Å². The van der Waals surface area contributed by atoms with Crippen molar-refractivity contribution in [1.82, 2.24) is 10.2 Å². The SMILES string of the molecule is CC(CCC1CC1)NC(=O)N1CCCC(C(=O)O)C1. The molecule has 2 aliphatic rings. The normalized spacial score (nSPS) is 24.9. The fourth-order valence-corrected chi connectivity index (χ4v) is 2.63. The van der Waals surface area contributed by atoms with E-state index in [1.54, 1.807) is 4.90 Å². The Kier molecular flexibility index (Phi) is 4.66. The predicted molar refractivity (Wildman–Crippen MR) is 71.9 cm³/mol. The zero-order valence-corrected chi connectivity index (χ0v) is 11.6. The summed E-state index contributed by atoms with van der Waals surface area (Å²) in [4.78, 5) is 24.7. The Morgan fingerprint density at radius 3 is 2.74 bits per heavy atom. The van der Waals surface area contributed by atoms with Gasteiger partial charge < -0.3 is 15.3 Å². The maximum Gasteiger partial charge on any atom is 0.317 e. The minimum Gasteiger partial charge on any atom is -0.481 e. The molecule has 1 saturated carbocycles. The van der Waals surface area contributed by atoms with Gasteiger partial charge in [-0.1, -0.05) is 12.8 Å². The van der Waals surface area contributed by atoms with E-state index in [0.717, 1.165) is 18.8 Å². The van der Waals surface area contributed by atoms with Crippen molar-refractivity contribution in [3.05, 3.63) is 0 Å². The molecule has 0 aromatic carbocycles. The largest absolute Gasteiger partial charge is 0.481 e. The van der Waals surface area contributed by atoms with Gasteiger partial charge in [-0.25, -0.2) is 4.79 Å². The molecule has 2 N–H and O–H groups in total. The molecule has 0 radical (unpaired) electrons. The number of piperidine rings is 1. The van der Waals surface area contributed by atoms with Crippen LogP contribution in [0.25, 0.3) is 0 Å². The van der Waals surface area contributed by atoms with Crippen molar-refractivity contribution in [3.63, 3.8) is 0 Å². The van der Waals surface area contributed by atoms with Gasteiger partial charge in [-0.2, -0.15) is 0 Å². The summed E-state index contributed by atoms with van der Waals surface area (Å²) in [5.41, 5.74) is 0. The molecule has 2 rings (SSSR count). The number of amides is 2. The number of carbonyl (C=O) groups is 2. The fraction of sp³-hybridized carbons (Fsp3) is 0.857. The monoisotopic (exact) mass is 268 g/mol. The second-order valence-electron chi connectivity index (χ2n) is 5.99. The third kappa shape index (κ3) is 4.40. The maximum absolute atomic E-state index is 12.1. The summed E-state index contributed by atoms with van der Waals surface area (Å²) in [6, 6.07) is 0.0764. The number of carbonyl (C=O) groups excluding carboxylic acids is 1. The highest BCUT2D eigenvalue weighted by Gasteiger charge is 2.28. The molecule has 2 unspecified atom stereocenters. The summed E-state index contributed by atoms with van der Waals surface area (Å²) in [6.45, 7) is 3.04. The van der Waals surface area contributed by atoms with Gasteiger partial charge in [0.15, 0.2) is 0 Å². The number of nitrogens with zero attached hydrogens (tertiary/aromatic N) is 1. The van der Waals surface area contributed by atoms with Crippen LogP contribution in [0.5, 0.6) is 0 Å². The number of rotatable bonds is 5. The van der Waals surface area contributed by atoms with Crippen LogP contribution in [0.4, 0.5) is 4.79 Å². The number of nitrogens with one attached hydrogen (secondary N) is 1. The first-order chi connectivity index (χ1) is 9.06. The number of carboxylic acids is 1. The van der Waals surface area contributed by atoms with Crippen LogP contribution in [0.1, 0.15) is 45.4 Å². The Morgan fingerprint density at radius 2 is 2.11 bits per heavy atom. The van der Waals surface area contributed by atoms with Crippen molar-refractivity contribution >= 4 is 12.0 Å². The smallest absolute Gasteiger partial charge is 0.317 e. The lowest BCUT2D eigenvalue weighted by Gasteiger charge is -2.31. The van der Waals surface area contributed by atoms with E-state index >= 15 is 0 Å². The molecular weight excluding hydrogens is 244 g/mol. The highest BCUT2D eigenvalue weighted by molar-refractivity contribution is 5.76. The third-order valence-electron chi connectivity index (χ3n) is 4.13. The molecule has 0 spiro atoms. The van der Waals surface area contributed by atoms with Crippen LogP contribution in [-0.4, -0.2) is 41.1 Å². The highest BCUT2D eigenvalue weighted by Crippen LogP contribution is 2.33. The second kappa shape index (κ2) is 6.26. The van der Waals surface area contributed by atoms with Gasteiger partial charge in [-0.05, 0) is 38.5 Å². The van der Waals surface area contributed by atoms with Crippen molar-refractivity contribution in [2.75, 3.05) is 13.1 Å². The molecule has 1 aliphatic heterocycles. The molecule has 2 atom stereocenters. The molecule has 1 heterocycles. The maximum atomic E-state index is 12.1. The van der Waals surface area contributed by atoms with Gasteiger partial charge in [0.1, 0.15) is 0 Å². The zero-order valence-electron chi connectivity index (χ0n) is 11.6. The average molecular weight is 268 g/mol. The number of aliphatic carboxylic acids is 1. The molecule has 0 bridgehead atoms. The molecule has 108 valence electrons. The van der Waals surface area contributed by atoms with E-state index in [4.69, 9.17) is 5.11 Å². The fourth-order valence-electron chi connectivity index (χ4n) is 2.63. The van der Waals surface area contributed by atoms with Gasteiger partial charge in [0, 0.05) is 19.1 Å². The third-order valence-corrected chi connectivity index (χ3v) is 4.13. The van der Waals surface area contributed by atoms with Gasteiger partial charge in [0.25, 0.3) is 0 Å². The van der Waals surface area contributed by atoms with Crippen LogP contribution in [0, 0.1) is 11.8 Å². The standard InChI is InChI=1S/C14H24N2O3/c1-10(4-5-11-6-7-11)15-14(19)16-8-2-3-12(9-16)13(17)18/h10-12H,2-9H2,1H3,(H,15,19)(H,17,18). The van der Waals surface area contributed by atoms with Crippen LogP contribution >= 0.6 is 0 Å². The summed E-state index contributed by atoms with van der Waals surface area (Å²) in [5, 5.41) is 12.0. The van der Waals surface area contributed by atoms with Crippen molar-refractivity contribution in [3.8, 4) is 0 Å². The number of urea groups is 1. The van der Waals surface area contributed by atoms with Crippen LogP contribution < -0.4 is 5.32 Å². The molecule has 2 fully saturated rings. The number of hydrogen-bond donors (Lipinski definition) is 2. The Balaban J connectivity index is 1.73. The Hall–Kier alpha value is -1.26. The molecule has 19 heavy (non-hydrogen) atoms. The summed E-state index contributed by atoms with van der Waals surface area (Å²) >= 11 is 0. The van der Waals surface area contributed by atoms with Gasteiger partial charge in [-0.3, -0.25) is 4.79 Å². The van der Waals surface area contributed by atoms with Crippen molar-refractivity contribution in [2.45, 2.75) is 51.5 Å². The van der Waals surface area contributed by atoms with Crippen LogP contribution in [0.15, 0.2) is 0 Å². The summed E-state index contributed by atoms with van der Waals surface area (Å²) in [6.07, 6.45) is 6.35. The van der Waals surface area contributed by atoms with E-state index in [0.29, 0.717) is 19.5 Å². The Labute approximate surface area is 114 Å². The first-order valence-electron chi connectivity index (χ1n) is 7.34. The lowest BCUT2D eigenvalue weighted by Crippen LogP contribution is -2.49. The molecule has 2 amide bonds. The van der Waals surface area contributed by atoms with E-state index in [9.17, 15) is 9.59 Å². The van der Waals surface area contributed by atoms with Gasteiger partial charge >= 0.3 is 12.0 Å². The number of hydrogen-bond acceptors (Lipinski definition) is 2. The van der Waals surface area contributed by atoms with Gasteiger partial charge in [-0.15, -0.1) is 0 Å². The molecule has 0 aromatic heterocycles. The van der Waals surface area contributed by atoms with Gasteiger partial charge in [0.2, 0.25) is 0 Å². The molecule has 1 aliphatic carbocycles. The van der Waals surface area contributed by atoms with Gasteiger partial charge in [0.05, 0.1) is 5.92 Å². The summed E-state index contributed by atoms with van der Waals surface area (Å²) < 4.78 is 0. The van der Waals surface area contributed by atoms with E-state index in [1.807, 2.05) is 6.92 Å². The number of carboxylic acid groups (broad SMARTS) is 1. The van der Waals surface area contributed by atoms with E-state index in [1.165, 1.54) is 19.3 Å². The minimum atomic E-state index is -0.792. The summed E-state index contributed by atoms with van der Waals surface area (Å²) in [5.74, 6) is -0.314. The zero-order chi connectivity index (χ0) is 13.8. The highest BCUT2D eigenvalue weighted by atomic mass is 16.4. The minimum absolute atomic E-state index is 0.103. The Bertz CT molecular complexity index is 342. The first-order valence-corrected chi connectivity index (χ1v) is 7.34. The lowest BCUT2D eigenvalue weighted by molar-refractivity contribution is -0.143.